The SMILES string of the molecule is CCOC(=O)C1(CC)C[C@H](CC(F)(F)F)c2ccccc21. The highest BCUT2D eigenvalue weighted by Crippen LogP contribution is 2.52. The summed E-state index contributed by atoms with van der Waals surface area (Å²) in [5.74, 6) is -1.09. The lowest BCUT2D eigenvalue weighted by molar-refractivity contribution is -0.152. The van der Waals surface area contributed by atoms with Crippen LogP contribution in [0.15, 0.2) is 24.3 Å². The molecule has 0 N–H and O–H groups in total. The highest BCUT2D eigenvalue weighted by molar-refractivity contribution is 5.85. The Balaban J connectivity index is 2.44. The third-order valence-corrected chi connectivity index (χ3v) is 4.26. The number of esters is 1. The van der Waals surface area contributed by atoms with Crippen molar-refractivity contribution in [2.24, 2.45) is 0 Å². The summed E-state index contributed by atoms with van der Waals surface area (Å²) in [6, 6.07) is 6.94. The number of rotatable bonds is 4. The molecule has 116 valence electrons. The first-order valence-electron chi connectivity index (χ1n) is 7.17. The summed E-state index contributed by atoms with van der Waals surface area (Å²) in [4.78, 5) is 12.4. The van der Waals surface area contributed by atoms with Gasteiger partial charge in [-0.1, -0.05) is 31.2 Å². The molecule has 0 spiro atoms. The molecule has 1 aliphatic carbocycles. The lowest BCUT2D eigenvalue weighted by Crippen LogP contribution is -2.35. The molecule has 0 bridgehead atoms. The summed E-state index contributed by atoms with van der Waals surface area (Å²) in [5.41, 5.74) is 0.382. The maximum atomic E-state index is 12.8. The van der Waals surface area contributed by atoms with Crippen LogP contribution in [0.4, 0.5) is 13.2 Å². The Morgan fingerprint density at radius 3 is 2.57 bits per heavy atom. The van der Waals surface area contributed by atoms with Crippen LogP contribution >= 0.6 is 0 Å². The van der Waals surface area contributed by atoms with E-state index in [2.05, 4.69) is 0 Å². The third kappa shape index (κ3) is 2.92. The van der Waals surface area contributed by atoms with E-state index in [-0.39, 0.29) is 13.0 Å². The number of fused-ring (bicyclic) bond motifs is 1. The van der Waals surface area contributed by atoms with Gasteiger partial charge in [0.2, 0.25) is 0 Å². The van der Waals surface area contributed by atoms with Crippen LogP contribution in [0.5, 0.6) is 0 Å². The van der Waals surface area contributed by atoms with Gasteiger partial charge in [0.15, 0.2) is 0 Å². The predicted octanol–water partition coefficient (Wildman–Crippen LogP) is 4.34. The molecule has 0 fully saturated rings. The van der Waals surface area contributed by atoms with Crippen molar-refractivity contribution in [3.8, 4) is 0 Å². The molecule has 1 aromatic rings. The predicted molar refractivity (Wildman–Crippen MR) is 73.1 cm³/mol. The van der Waals surface area contributed by atoms with Crippen LogP contribution in [0, 0.1) is 0 Å². The number of hydrogen-bond acceptors (Lipinski definition) is 2. The fourth-order valence-electron chi connectivity index (χ4n) is 3.33. The Labute approximate surface area is 122 Å². The highest BCUT2D eigenvalue weighted by Gasteiger charge is 2.51. The molecular weight excluding hydrogens is 281 g/mol. The van der Waals surface area contributed by atoms with Crippen molar-refractivity contribution in [3.05, 3.63) is 35.4 Å². The van der Waals surface area contributed by atoms with Crippen LogP contribution in [-0.2, 0) is 14.9 Å². The second-order valence-corrected chi connectivity index (χ2v) is 5.46. The maximum absolute atomic E-state index is 12.8. The van der Waals surface area contributed by atoms with Crippen molar-refractivity contribution in [1.82, 2.24) is 0 Å². The minimum absolute atomic E-state index is 0.168. The van der Waals surface area contributed by atoms with Crippen molar-refractivity contribution in [3.63, 3.8) is 0 Å². The Bertz CT molecular complexity index is 524. The van der Waals surface area contributed by atoms with Gasteiger partial charge in [-0.25, -0.2) is 0 Å². The zero-order chi connectivity index (χ0) is 15.7. The van der Waals surface area contributed by atoms with Gasteiger partial charge in [-0.3, -0.25) is 4.79 Å². The van der Waals surface area contributed by atoms with E-state index in [1.807, 2.05) is 6.92 Å². The minimum Gasteiger partial charge on any atom is -0.465 e. The van der Waals surface area contributed by atoms with Crippen LogP contribution in [0.25, 0.3) is 0 Å². The van der Waals surface area contributed by atoms with E-state index >= 15 is 0 Å². The van der Waals surface area contributed by atoms with Gasteiger partial charge in [0, 0.05) is 0 Å². The van der Waals surface area contributed by atoms with Gasteiger partial charge in [-0.05, 0) is 36.8 Å². The molecule has 1 aromatic carbocycles. The van der Waals surface area contributed by atoms with Gasteiger partial charge in [0.05, 0.1) is 18.4 Å². The number of alkyl halides is 3. The average Bonchev–Trinajstić information content (AvgIpc) is 2.73. The Kier molecular flexibility index (Phi) is 4.30. The van der Waals surface area contributed by atoms with E-state index in [1.165, 1.54) is 0 Å². The number of carbonyl (C=O) groups excluding carboxylic acids is 1. The second kappa shape index (κ2) is 5.70. The van der Waals surface area contributed by atoms with Crippen molar-refractivity contribution in [1.29, 1.82) is 0 Å². The van der Waals surface area contributed by atoms with Gasteiger partial charge in [0.25, 0.3) is 0 Å². The van der Waals surface area contributed by atoms with E-state index in [9.17, 15) is 18.0 Å². The first-order chi connectivity index (χ1) is 9.84. The van der Waals surface area contributed by atoms with Gasteiger partial charge in [-0.15, -0.1) is 0 Å². The molecule has 2 nitrogen and oxygen atoms in total. The molecule has 1 unspecified atom stereocenters. The summed E-state index contributed by atoms with van der Waals surface area (Å²) in [5, 5.41) is 0. The second-order valence-electron chi connectivity index (χ2n) is 5.46. The summed E-state index contributed by atoms with van der Waals surface area (Å²) in [7, 11) is 0. The molecule has 0 heterocycles. The monoisotopic (exact) mass is 300 g/mol. The lowest BCUT2D eigenvalue weighted by atomic mass is 9.78. The normalized spacial score (nSPS) is 24.7. The lowest BCUT2D eigenvalue weighted by Gasteiger charge is -2.27. The molecular formula is C16H19F3O2. The molecule has 0 amide bonds. The van der Waals surface area contributed by atoms with Crippen LogP contribution in [0.1, 0.15) is 50.2 Å². The standard InChI is InChI=1S/C16H19F3O2/c1-3-15(14(20)21-4-2)9-11(10-16(17,18)19)12-7-5-6-8-13(12)15/h5-8,11H,3-4,9-10H2,1-2H3/t11-,15?/m1/s1. The van der Waals surface area contributed by atoms with Crippen molar-refractivity contribution in [2.75, 3.05) is 6.61 Å². The first-order valence-corrected chi connectivity index (χ1v) is 7.17. The summed E-state index contributed by atoms with van der Waals surface area (Å²) in [6.07, 6.45) is -4.53. The molecule has 5 heteroatoms. The van der Waals surface area contributed by atoms with Crippen LogP contribution in [0.2, 0.25) is 0 Å². The molecule has 2 rings (SSSR count). The zero-order valence-corrected chi connectivity index (χ0v) is 12.2. The smallest absolute Gasteiger partial charge is 0.389 e. The van der Waals surface area contributed by atoms with Gasteiger partial charge in [-0.2, -0.15) is 13.2 Å². The van der Waals surface area contributed by atoms with Gasteiger partial charge < -0.3 is 4.74 Å². The van der Waals surface area contributed by atoms with Gasteiger partial charge in [0.1, 0.15) is 0 Å². The van der Waals surface area contributed by atoms with E-state index in [0.717, 1.165) is 0 Å². The number of halogens is 3. The van der Waals surface area contributed by atoms with Crippen molar-refractivity contribution in [2.45, 2.75) is 50.6 Å². The summed E-state index contributed by atoms with van der Waals surface area (Å²) in [6.45, 7) is 3.76. The Morgan fingerprint density at radius 2 is 2.00 bits per heavy atom. The summed E-state index contributed by atoms with van der Waals surface area (Å²) >= 11 is 0. The molecule has 1 aliphatic rings. The van der Waals surface area contributed by atoms with E-state index in [1.54, 1.807) is 31.2 Å². The third-order valence-electron chi connectivity index (χ3n) is 4.26. The quantitative estimate of drug-likeness (QED) is 0.773. The number of carbonyl (C=O) groups is 1. The number of hydrogen-bond donors (Lipinski definition) is 0. The molecule has 0 saturated heterocycles. The number of ether oxygens (including phenoxy) is 1. The topological polar surface area (TPSA) is 26.3 Å². The average molecular weight is 300 g/mol. The van der Waals surface area contributed by atoms with Crippen molar-refractivity contribution >= 4 is 5.97 Å². The van der Waals surface area contributed by atoms with E-state index in [4.69, 9.17) is 4.74 Å². The molecule has 0 aromatic heterocycles. The van der Waals surface area contributed by atoms with Crippen LogP contribution < -0.4 is 0 Å². The molecule has 0 radical (unpaired) electrons. The fraction of sp³-hybridized carbons (Fsp3) is 0.562. The minimum atomic E-state index is -4.24. The van der Waals surface area contributed by atoms with Crippen LogP contribution in [-0.4, -0.2) is 18.8 Å². The first kappa shape index (κ1) is 15.9. The highest BCUT2D eigenvalue weighted by atomic mass is 19.4. The maximum Gasteiger partial charge on any atom is 0.389 e. The molecule has 0 saturated carbocycles. The number of benzene rings is 1. The van der Waals surface area contributed by atoms with E-state index < -0.39 is 29.9 Å². The largest absolute Gasteiger partial charge is 0.465 e. The Morgan fingerprint density at radius 1 is 1.33 bits per heavy atom. The Hall–Kier alpha value is -1.52. The molecule has 21 heavy (non-hydrogen) atoms. The van der Waals surface area contributed by atoms with Gasteiger partial charge >= 0.3 is 12.1 Å². The summed E-state index contributed by atoms with van der Waals surface area (Å²) < 4.78 is 43.5. The molecule has 0 aliphatic heterocycles. The fourth-order valence-corrected chi connectivity index (χ4v) is 3.33. The van der Waals surface area contributed by atoms with E-state index in [0.29, 0.717) is 17.5 Å². The van der Waals surface area contributed by atoms with Crippen LogP contribution in [0.3, 0.4) is 0 Å². The molecule has 2 atom stereocenters. The van der Waals surface area contributed by atoms with Crippen molar-refractivity contribution < 1.29 is 22.7 Å². The zero-order valence-electron chi connectivity index (χ0n) is 12.2.